The molecule has 0 amide bonds. The highest BCUT2D eigenvalue weighted by atomic mass is 35.5. The van der Waals surface area contributed by atoms with Crippen LogP contribution in [0.4, 0.5) is 0 Å². The van der Waals surface area contributed by atoms with Gasteiger partial charge in [-0.2, -0.15) is 0 Å². The molecule has 0 atom stereocenters. The lowest BCUT2D eigenvalue weighted by Gasteiger charge is -2.05. The molecule has 86 valence electrons. The number of rotatable bonds is 1. The van der Waals surface area contributed by atoms with Gasteiger partial charge >= 0.3 is 0 Å². The van der Waals surface area contributed by atoms with E-state index < -0.39 is 0 Å². The third-order valence-electron chi connectivity index (χ3n) is 2.44. The Bertz CT molecular complexity index is 578. The molecule has 0 radical (unpaired) electrons. The van der Waals surface area contributed by atoms with Crippen molar-refractivity contribution in [3.63, 3.8) is 0 Å². The van der Waals surface area contributed by atoms with Gasteiger partial charge in [-0.15, -0.1) is 12.4 Å². The SMILES string of the molecule is CCc1c(C)nc2ccc(Cl)cn2c1=O.Cl. The van der Waals surface area contributed by atoms with Gasteiger partial charge in [-0.3, -0.25) is 9.20 Å². The van der Waals surface area contributed by atoms with Crippen LogP contribution >= 0.6 is 24.0 Å². The molecule has 5 heteroatoms. The normalized spacial score (nSPS) is 10.2. The maximum atomic E-state index is 12.0. The first-order chi connectivity index (χ1) is 7.13. The van der Waals surface area contributed by atoms with E-state index in [0.717, 1.165) is 11.3 Å². The fourth-order valence-electron chi connectivity index (χ4n) is 1.67. The minimum absolute atomic E-state index is 0. The fraction of sp³-hybridized carbons (Fsp3) is 0.273. The Hall–Kier alpha value is -1.06. The van der Waals surface area contributed by atoms with Crippen LogP contribution in [0.1, 0.15) is 18.2 Å². The predicted octanol–water partition coefficient (Wildman–Crippen LogP) is 2.64. The molecule has 16 heavy (non-hydrogen) atoms. The molecule has 0 saturated heterocycles. The van der Waals surface area contributed by atoms with Gasteiger partial charge in [0.1, 0.15) is 5.65 Å². The molecule has 0 aliphatic heterocycles. The van der Waals surface area contributed by atoms with Crippen LogP contribution in [0.5, 0.6) is 0 Å². The molecule has 0 aromatic carbocycles. The predicted molar refractivity (Wildman–Crippen MR) is 67.8 cm³/mol. The number of aryl methyl sites for hydroxylation is 1. The zero-order chi connectivity index (χ0) is 11.0. The number of hydrogen-bond acceptors (Lipinski definition) is 2. The molecule has 2 aromatic heterocycles. The molecule has 0 saturated carbocycles. The van der Waals surface area contributed by atoms with Gasteiger partial charge in [0.15, 0.2) is 0 Å². The van der Waals surface area contributed by atoms with E-state index in [4.69, 9.17) is 11.6 Å². The molecule has 2 rings (SSSR count). The highest BCUT2D eigenvalue weighted by Crippen LogP contribution is 2.10. The second kappa shape index (κ2) is 4.85. The highest BCUT2D eigenvalue weighted by Gasteiger charge is 2.07. The fourth-order valence-corrected chi connectivity index (χ4v) is 1.83. The molecular formula is C11H12Cl2N2O. The van der Waals surface area contributed by atoms with Crippen molar-refractivity contribution in [2.45, 2.75) is 20.3 Å². The molecular weight excluding hydrogens is 247 g/mol. The van der Waals surface area contributed by atoms with Crippen LogP contribution in [0.3, 0.4) is 0 Å². The third kappa shape index (κ3) is 2.06. The lowest BCUT2D eigenvalue weighted by atomic mass is 10.2. The van der Waals surface area contributed by atoms with Gasteiger partial charge in [0, 0.05) is 17.5 Å². The second-order valence-corrected chi connectivity index (χ2v) is 3.85. The Morgan fingerprint density at radius 1 is 1.44 bits per heavy atom. The first-order valence-corrected chi connectivity index (χ1v) is 5.18. The van der Waals surface area contributed by atoms with Crippen LogP contribution < -0.4 is 5.56 Å². The average Bonchev–Trinajstić information content (AvgIpc) is 2.20. The van der Waals surface area contributed by atoms with E-state index in [-0.39, 0.29) is 18.0 Å². The quantitative estimate of drug-likeness (QED) is 0.789. The third-order valence-corrected chi connectivity index (χ3v) is 2.66. The van der Waals surface area contributed by atoms with Gasteiger partial charge in [0.25, 0.3) is 5.56 Å². The van der Waals surface area contributed by atoms with E-state index in [1.807, 2.05) is 13.8 Å². The van der Waals surface area contributed by atoms with Crippen molar-refractivity contribution >= 4 is 29.7 Å². The number of hydrogen-bond donors (Lipinski definition) is 0. The largest absolute Gasteiger partial charge is 0.269 e. The van der Waals surface area contributed by atoms with Crippen molar-refractivity contribution in [2.24, 2.45) is 0 Å². The van der Waals surface area contributed by atoms with Gasteiger partial charge in [0.2, 0.25) is 0 Å². The molecule has 2 aromatic rings. The molecule has 0 N–H and O–H groups in total. The van der Waals surface area contributed by atoms with Crippen molar-refractivity contribution in [3.8, 4) is 0 Å². The van der Waals surface area contributed by atoms with Crippen molar-refractivity contribution in [2.75, 3.05) is 0 Å². The molecule has 0 aliphatic carbocycles. The Kier molecular flexibility index (Phi) is 3.94. The van der Waals surface area contributed by atoms with Crippen LogP contribution in [0.15, 0.2) is 23.1 Å². The number of nitrogens with zero attached hydrogens (tertiary/aromatic N) is 2. The summed E-state index contributed by atoms with van der Waals surface area (Å²) in [5.74, 6) is 0. The molecule has 0 bridgehead atoms. The number of pyridine rings is 1. The van der Waals surface area contributed by atoms with E-state index >= 15 is 0 Å². The zero-order valence-corrected chi connectivity index (χ0v) is 10.6. The van der Waals surface area contributed by atoms with Crippen LogP contribution in [-0.4, -0.2) is 9.38 Å². The van der Waals surface area contributed by atoms with Crippen molar-refractivity contribution < 1.29 is 0 Å². The van der Waals surface area contributed by atoms with Crippen LogP contribution in [0.25, 0.3) is 5.65 Å². The van der Waals surface area contributed by atoms with Crippen molar-refractivity contribution in [3.05, 3.63) is 45.0 Å². The Balaban J connectivity index is 0.00000128. The Morgan fingerprint density at radius 2 is 2.12 bits per heavy atom. The van der Waals surface area contributed by atoms with Gasteiger partial charge in [-0.25, -0.2) is 4.98 Å². The summed E-state index contributed by atoms with van der Waals surface area (Å²) in [6, 6.07) is 3.48. The molecule has 3 nitrogen and oxygen atoms in total. The van der Waals surface area contributed by atoms with E-state index in [1.165, 1.54) is 4.40 Å². The van der Waals surface area contributed by atoms with Crippen LogP contribution in [0, 0.1) is 6.92 Å². The topological polar surface area (TPSA) is 34.4 Å². The smallest absolute Gasteiger partial charge is 0.261 e. The summed E-state index contributed by atoms with van der Waals surface area (Å²) in [5, 5.41) is 0.539. The van der Waals surface area contributed by atoms with Gasteiger partial charge in [-0.05, 0) is 25.5 Å². The summed E-state index contributed by atoms with van der Waals surface area (Å²) in [4.78, 5) is 16.3. The first kappa shape index (κ1) is 13.0. The maximum Gasteiger partial charge on any atom is 0.261 e. The highest BCUT2D eigenvalue weighted by molar-refractivity contribution is 6.30. The molecule has 0 spiro atoms. The van der Waals surface area contributed by atoms with E-state index in [1.54, 1.807) is 18.3 Å². The average molecular weight is 259 g/mol. The minimum atomic E-state index is -0.0255. The summed E-state index contributed by atoms with van der Waals surface area (Å²) in [7, 11) is 0. The molecule has 2 heterocycles. The van der Waals surface area contributed by atoms with E-state index in [2.05, 4.69) is 4.98 Å². The van der Waals surface area contributed by atoms with E-state index in [0.29, 0.717) is 17.1 Å². The lowest BCUT2D eigenvalue weighted by Crippen LogP contribution is -2.20. The summed E-state index contributed by atoms with van der Waals surface area (Å²) in [6.07, 6.45) is 2.29. The number of aromatic nitrogens is 2. The van der Waals surface area contributed by atoms with Crippen molar-refractivity contribution in [1.82, 2.24) is 9.38 Å². The molecule has 0 unspecified atom stereocenters. The standard InChI is InChI=1S/C11H11ClN2O.ClH/c1-3-9-7(2)13-10-5-4-8(12)6-14(10)11(9)15;/h4-6H,3H2,1-2H3;1H. The summed E-state index contributed by atoms with van der Waals surface area (Å²) in [5.41, 5.74) is 2.15. The van der Waals surface area contributed by atoms with Gasteiger partial charge in [-0.1, -0.05) is 18.5 Å². The van der Waals surface area contributed by atoms with Crippen molar-refractivity contribution in [1.29, 1.82) is 0 Å². The Labute approximate surface area is 104 Å². The maximum absolute atomic E-state index is 12.0. The Morgan fingerprint density at radius 3 is 2.75 bits per heavy atom. The second-order valence-electron chi connectivity index (χ2n) is 3.41. The lowest BCUT2D eigenvalue weighted by molar-refractivity contribution is 0.936. The van der Waals surface area contributed by atoms with Gasteiger partial charge < -0.3 is 0 Å². The van der Waals surface area contributed by atoms with Gasteiger partial charge in [0.05, 0.1) is 5.02 Å². The number of fused-ring (bicyclic) bond motifs is 1. The minimum Gasteiger partial charge on any atom is -0.269 e. The van der Waals surface area contributed by atoms with Crippen LogP contribution in [-0.2, 0) is 6.42 Å². The van der Waals surface area contributed by atoms with E-state index in [9.17, 15) is 4.79 Å². The first-order valence-electron chi connectivity index (χ1n) is 4.81. The summed E-state index contributed by atoms with van der Waals surface area (Å²) in [6.45, 7) is 3.80. The number of halogens is 2. The molecule has 0 aliphatic rings. The summed E-state index contributed by atoms with van der Waals surface area (Å²) < 4.78 is 1.49. The van der Waals surface area contributed by atoms with Crippen LogP contribution in [0.2, 0.25) is 5.02 Å². The zero-order valence-electron chi connectivity index (χ0n) is 9.03. The summed E-state index contributed by atoms with van der Waals surface area (Å²) >= 11 is 5.84. The molecule has 0 fully saturated rings. The monoisotopic (exact) mass is 258 g/mol.